The number of pyridine rings is 1. The molecule has 1 aliphatic heterocycles. The van der Waals surface area contributed by atoms with E-state index in [0.717, 1.165) is 5.69 Å². The Balaban J connectivity index is 2.22. The fourth-order valence-corrected chi connectivity index (χ4v) is 2.82. The molecule has 1 aromatic heterocycles. The van der Waals surface area contributed by atoms with Crippen molar-refractivity contribution in [1.29, 1.82) is 0 Å². The number of nitrogens with zero attached hydrogens (tertiary/aromatic N) is 2. The Morgan fingerprint density at radius 3 is 3.00 bits per heavy atom. The summed E-state index contributed by atoms with van der Waals surface area (Å²) in [6, 6.07) is 4.61. The molecule has 0 saturated carbocycles. The number of hydrogen-bond donors (Lipinski definition) is 0. The molecule has 2 rings (SSSR count). The maximum Gasteiger partial charge on any atom is 0.129 e. The van der Waals surface area contributed by atoms with Crippen LogP contribution in [-0.4, -0.2) is 23.0 Å². The van der Waals surface area contributed by atoms with E-state index in [0.29, 0.717) is 11.2 Å². The average molecular weight is 239 g/mol. The molecule has 1 atom stereocenters. The average Bonchev–Trinajstić information content (AvgIpc) is 2.67. The maximum atomic E-state index is 5.90. The van der Waals surface area contributed by atoms with E-state index in [9.17, 15) is 0 Å². The minimum absolute atomic E-state index is 0.560. The van der Waals surface area contributed by atoms with Gasteiger partial charge in [0.25, 0.3) is 0 Å². The summed E-state index contributed by atoms with van der Waals surface area (Å²) in [7, 11) is 0. The van der Waals surface area contributed by atoms with Gasteiger partial charge in [-0.15, -0.1) is 0 Å². The van der Waals surface area contributed by atoms with Crippen LogP contribution in [0.2, 0.25) is 5.15 Å². The van der Waals surface area contributed by atoms with Crippen molar-refractivity contribution in [2.75, 3.05) is 13.1 Å². The Labute approximate surface area is 103 Å². The smallest absolute Gasteiger partial charge is 0.129 e. The van der Waals surface area contributed by atoms with Crippen LogP contribution in [0.25, 0.3) is 0 Å². The molecule has 3 heteroatoms. The third kappa shape index (κ3) is 2.38. The fourth-order valence-electron chi connectivity index (χ4n) is 2.63. The summed E-state index contributed by atoms with van der Waals surface area (Å²) in [6.45, 7) is 6.71. The molecular weight excluding hydrogens is 220 g/mol. The summed E-state index contributed by atoms with van der Waals surface area (Å²) in [5.74, 6) is 0. The maximum absolute atomic E-state index is 5.90. The van der Waals surface area contributed by atoms with E-state index in [1.165, 1.54) is 37.9 Å². The highest BCUT2D eigenvalue weighted by Crippen LogP contribution is 2.33. The second-order valence-corrected chi connectivity index (χ2v) is 4.89. The second kappa shape index (κ2) is 5.15. The molecule has 1 saturated heterocycles. The molecule has 0 radical (unpaired) electrons. The zero-order chi connectivity index (χ0) is 11.5. The van der Waals surface area contributed by atoms with Crippen molar-refractivity contribution >= 4 is 11.6 Å². The Hall–Kier alpha value is -0.600. The Bertz CT molecular complexity index is 365. The minimum atomic E-state index is 0.560. The first-order chi connectivity index (χ1) is 7.72. The molecule has 0 aliphatic carbocycles. The van der Waals surface area contributed by atoms with Crippen molar-refractivity contribution in [3.05, 3.63) is 28.5 Å². The molecule has 0 amide bonds. The molecule has 2 heterocycles. The number of rotatable bonds is 3. The summed E-state index contributed by atoms with van der Waals surface area (Å²) in [4.78, 5) is 6.92. The highest BCUT2D eigenvalue weighted by molar-refractivity contribution is 6.29. The summed E-state index contributed by atoms with van der Waals surface area (Å²) in [6.07, 6.45) is 3.77. The van der Waals surface area contributed by atoms with Crippen LogP contribution in [0.5, 0.6) is 0 Å². The Morgan fingerprint density at radius 1 is 1.50 bits per heavy atom. The number of likely N-dealkylation sites (tertiary alicyclic amines) is 1. The summed E-state index contributed by atoms with van der Waals surface area (Å²) < 4.78 is 0. The van der Waals surface area contributed by atoms with Gasteiger partial charge in [0.1, 0.15) is 5.15 Å². The van der Waals surface area contributed by atoms with E-state index >= 15 is 0 Å². The van der Waals surface area contributed by atoms with Gasteiger partial charge in [0.15, 0.2) is 0 Å². The highest BCUT2D eigenvalue weighted by Gasteiger charge is 2.26. The van der Waals surface area contributed by atoms with E-state index in [-0.39, 0.29) is 0 Å². The Morgan fingerprint density at radius 2 is 2.31 bits per heavy atom. The van der Waals surface area contributed by atoms with Crippen molar-refractivity contribution in [2.45, 2.75) is 39.2 Å². The molecule has 2 nitrogen and oxygen atoms in total. The van der Waals surface area contributed by atoms with Gasteiger partial charge in [0, 0.05) is 11.7 Å². The fraction of sp³-hybridized carbons (Fsp3) is 0.615. The second-order valence-electron chi connectivity index (χ2n) is 4.50. The molecule has 1 aromatic rings. The summed E-state index contributed by atoms with van der Waals surface area (Å²) in [5, 5.41) is 0.598. The predicted octanol–water partition coefficient (Wildman–Crippen LogP) is 3.59. The van der Waals surface area contributed by atoms with Crippen molar-refractivity contribution < 1.29 is 0 Å². The van der Waals surface area contributed by atoms with Gasteiger partial charge >= 0.3 is 0 Å². The predicted molar refractivity (Wildman–Crippen MR) is 67.8 cm³/mol. The van der Waals surface area contributed by atoms with Gasteiger partial charge in [-0.1, -0.05) is 24.6 Å². The molecular formula is C13H19ClN2. The van der Waals surface area contributed by atoms with Crippen LogP contribution in [0.4, 0.5) is 0 Å². The van der Waals surface area contributed by atoms with Gasteiger partial charge in [0.05, 0.1) is 0 Å². The van der Waals surface area contributed by atoms with Crippen molar-refractivity contribution in [3.63, 3.8) is 0 Å². The lowest BCUT2D eigenvalue weighted by molar-refractivity contribution is 0.256. The number of aromatic nitrogens is 1. The zero-order valence-electron chi connectivity index (χ0n) is 10.0. The number of halogens is 1. The van der Waals surface area contributed by atoms with Gasteiger partial charge in [-0.2, -0.15) is 0 Å². The van der Waals surface area contributed by atoms with E-state index in [2.05, 4.69) is 29.8 Å². The third-order valence-electron chi connectivity index (χ3n) is 3.33. The largest absolute Gasteiger partial charge is 0.296 e. The lowest BCUT2D eigenvalue weighted by Crippen LogP contribution is -2.24. The van der Waals surface area contributed by atoms with Gasteiger partial charge in [0.2, 0.25) is 0 Å². The molecule has 1 aliphatic rings. The summed E-state index contributed by atoms with van der Waals surface area (Å²) >= 11 is 5.90. The van der Waals surface area contributed by atoms with Crippen LogP contribution >= 0.6 is 11.6 Å². The van der Waals surface area contributed by atoms with Crippen LogP contribution in [0.1, 0.15) is 43.5 Å². The standard InChI is InChI=1S/C13H19ClN2/c1-3-8-16-9-4-5-12(16)11-6-7-13(14)15-10(11)2/h6-7,12H,3-5,8-9H2,1-2H3/t12-/m0/s1. The SMILES string of the molecule is CCCN1CCC[C@H]1c1ccc(Cl)nc1C. The zero-order valence-corrected chi connectivity index (χ0v) is 10.8. The first kappa shape index (κ1) is 11.9. The summed E-state index contributed by atoms with van der Waals surface area (Å²) in [5.41, 5.74) is 2.44. The molecule has 0 bridgehead atoms. The Kier molecular flexibility index (Phi) is 3.82. The first-order valence-electron chi connectivity index (χ1n) is 6.09. The van der Waals surface area contributed by atoms with Gasteiger partial charge in [-0.05, 0) is 50.9 Å². The van der Waals surface area contributed by atoms with Crippen molar-refractivity contribution in [1.82, 2.24) is 9.88 Å². The molecule has 0 N–H and O–H groups in total. The monoisotopic (exact) mass is 238 g/mol. The topological polar surface area (TPSA) is 16.1 Å². The van der Waals surface area contributed by atoms with Gasteiger partial charge in [-0.25, -0.2) is 4.98 Å². The van der Waals surface area contributed by atoms with Crippen molar-refractivity contribution in [3.8, 4) is 0 Å². The quantitative estimate of drug-likeness (QED) is 0.749. The highest BCUT2D eigenvalue weighted by atomic mass is 35.5. The molecule has 16 heavy (non-hydrogen) atoms. The number of aryl methyl sites for hydroxylation is 1. The lowest BCUT2D eigenvalue weighted by Gasteiger charge is -2.25. The van der Waals surface area contributed by atoms with E-state index < -0.39 is 0 Å². The molecule has 0 unspecified atom stereocenters. The van der Waals surface area contributed by atoms with Crippen LogP contribution in [0.3, 0.4) is 0 Å². The van der Waals surface area contributed by atoms with Crippen molar-refractivity contribution in [2.24, 2.45) is 0 Å². The minimum Gasteiger partial charge on any atom is -0.296 e. The molecule has 88 valence electrons. The van der Waals surface area contributed by atoms with Crippen LogP contribution in [0, 0.1) is 6.92 Å². The van der Waals surface area contributed by atoms with Gasteiger partial charge in [-0.3, -0.25) is 4.90 Å². The van der Waals surface area contributed by atoms with E-state index in [1.54, 1.807) is 0 Å². The first-order valence-corrected chi connectivity index (χ1v) is 6.47. The third-order valence-corrected chi connectivity index (χ3v) is 3.54. The van der Waals surface area contributed by atoms with E-state index in [1.807, 2.05) is 6.07 Å². The van der Waals surface area contributed by atoms with E-state index in [4.69, 9.17) is 11.6 Å². The lowest BCUT2D eigenvalue weighted by atomic mass is 10.0. The normalized spacial score (nSPS) is 21.6. The molecule has 1 fully saturated rings. The van der Waals surface area contributed by atoms with Crippen LogP contribution < -0.4 is 0 Å². The number of hydrogen-bond acceptors (Lipinski definition) is 2. The molecule has 0 aromatic carbocycles. The van der Waals surface area contributed by atoms with Crippen LogP contribution in [0.15, 0.2) is 12.1 Å². The van der Waals surface area contributed by atoms with Gasteiger partial charge < -0.3 is 0 Å². The van der Waals surface area contributed by atoms with Crippen LogP contribution in [-0.2, 0) is 0 Å². The molecule has 0 spiro atoms.